The molecule has 0 aromatic heterocycles. The number of rotatable bonds is 4. The average molecular weight is 174 g/mol. The molecule has 0 amide bonds. The van der Waals surface area contributed by atoms with E-state index in [1.807, 2.05) is 0 Å². The first kappa shape index (κ1) is 8.36. The molecule has 0 heterocycles. The first-order valence-electron chi connectivity index (χ1n) is 1.68. The van der Waals surface area contributed by atoms with E-state index in [1.165, 1.54) is 11.1 Å². The third-order valence-electron chi connectivity index (χ3n) is 0.224. The van der Waals surface area contributed by atoms with Crippen LogP contribution in [0.5, 0.6) is 0 Å². The van der Waals surface area contributed by atoms with Crippen LogP contribution in [0.25, 0.3) is 0 Å². The molecular formula is C2H6OS4. The van der Waals surface area contributed by atoms with Crippen LogP contribution < -0.4 is 0 Å². The number of thiol groups is 1. The summed E-state index contributed by atoms with van der Waals surface area (Å²) in [4.78, 5) is 0. The zero-order valence-corrected chi connectivity index (χ0v) is 7.13. The molecule has 0 aliphatic rings. The van der Waals surface area contributed by atoms with E-state index < -0.39 is 0 Å². The summed E-state index contributed by atoms with van der Waals surface area (Å²) >= 11 is 6.19. The van der Waals surface area contributed by atoms with E-state index in [9.17, 15) is 0 Å². The highest BCUT2D eigenvalue weighted by molar-refractivity contribution is 8.78. The van der Waals surface area contributed by atoms with Gasteiger partial charge in [-0.15, -0.1) is 0 Å². The molecule has 0 aromatic rings. The smallest absolute Gasteiger partial charge is 0.0788 e. The predicted molar refractivity (Wildman–Crippen MR) is 43.4 cm³/mol. The standard InChI is InChI=1S/C2H6OS4/c1-2-5-7-3-6-4/h4H,2H2,1H3. The van der Waals surface area contributed by atoms with Crippen LogP contribution in [0.1, 0.15) is 6.92 Å². The van der Waals surface area contributed by atoms with Crippen LogP contribution in [0.15, 0.2) is 0 Å². The first-order valence-corrected chi connectivity index (χ1v) is 5.72. The molecule has 7 heavy (non-hydrogen) atoms. The van der Waals surface area contributed by atoms with Crippen molar-refractivity contribution in [2.45, 2.75) is 6.92 Å². The van der Waals surface area contributed by atoms with Crippen LogP contribution in [0.4, 0.5) is 0 Å². The summed E-state index contributed by atoms with van der Waals surface area (Å²) in [6.45, 7) is 2.07. The first-order chi connectivity index (χ1) is 3.41. The second-order valence-electron chi connectivity index (χ2n) is 0.617. The van der Waals surface area contributed by atoms with Gasteiger partial charge in [-0.25, -0.2) is 3.63 Å². The third-order valence-corrected chi connectivity index (χ3v) is 3.07. The maximum atomic E-state index is 4.73. The maximum Gasteiger partial charge on any atom is 0.0788 e. The summed E-state index contributed by atoms with van der Waals surface area (Å²) in [5, 5.41) is 0. The fourth-order valence-electron chi connectivity index (χ4n) is 0.0802. The summed E-state index contributed by atoms with van der Waals surface area (Å²) in [6, 6.07) is 0. The monoisotopic (exact) mass is 174 g/mol. The van der Waals surface area contributed by atoms with Crippen molar-refractivity contribution in [2.24, 2.45) is 0 Å². The second-order valence-corrected chi connectivity index (χ2v) is 3.82. The zero-order valence-electron chi connectivity index (χ0n) is 3.79. The SMILES string of the molecule is CCSSOSS. The summed E-state index contributed by atoms with van der Waals surface area (Å²) in [5.74, 6) is 1.07. The normalized spacial score (nSPS) is 9.43. The van der Waals surface area contributed by atoms with Crippen LogP contribution in [0.3, 0.4) is 0 Å². The van der Waals surface area contributed by atoms with Gasteiger partial charge in [0.25, 0.3) is 0 Å². The summed E-state index contributed by atoms with van der Waals surface area (Å²) in [7, 11) is 1.66. The summed E-state index contributed by atoms with van der Waals surface area (Å²) in [5.41, 5.74) is 0. The molecule has 0 saturated carbocycles. The van der Waals surface area contributed by atoms with Crippen molar-refractivity contribution in [1.82, 2.24) is 0 Å². The van der Waals surface area contributed by atoms with Crippen LogP contribution in [-0.2, 0) is 3.63 Å². The Hall–Kier alpha value is 1.36. The van der Waals surface area contributed by atoms with Gasteiger partial charge in [0.2, 0.25) is 0 Å². The Morgan fingerprint density at radius 1 is 1.71 bits per heavy atom. The molecule has 0 bridgehead atoms. The Morgan fingerprint density at radius 3 is 2.86 bits per heavy atom. The van der Waals surface area contributed by atoms with Gasteiger partial charge in [0.1, 0.15) is 0 Å². The lowest BCUT2D eigenvalue weighted by Crippen LogP contribution is -1.56. The minimum absolute atomic E-state index is 1.07. The minimum Gasteiger partial charge on any atom is -0.225 e. The summed E-state index contributed by atoms with van der Waals surface area (Å²) < 4.78 is 4.73. The molecule has 0 aliphatic heterocycles. The molecule has 0 atom stereocenters. The minimum atomic E-state index is 1.07. The van der Waals surface area contributed by atoms with E-state index in [0.29, 0.717) is 0 Å². The van der Waals surface area contributed by atoms with E-state index in [4.69, 9.17) is 3.63 Å². The van der Waals surface area contributed by atoms with E-state index >= 15 is 0 Å². The Bertz CT molecular complexity index is 28.9. The molecule has 0 N–H and O–H groups in total. The Morgan fingerprint density at radius 2 is 2.43 bits per heavy atom. The summed E-state index contributed by atoms with van der Waals surface area (Å²) in [6.07, 6.45) is 0. The highest BCUT2D eigenvalue weighted by Crippen LogP contribution is 2.28. The van der Waals surface area contributed by atoms with Crippen LogP contribution >= 0.6 is 44.6 Å². The fourth-order valence-corrected chi connectivity index (χ4v) is 1.97. The van der Waals surface area contributed by atoms with Crippen molar-refractivity contribution < 1.29 is 3.63 Å². The van der Waals surface area contributed by atoms with E-state index in [2.05, 4.69) is 18.6 Å². The van der Waals surface area contributed by atoms with Crippen molar-refractivity contribution in [3.05, 3.63) is 0 Å². The zero-order chi connectivity index (χ0) is 5.54. The molecule has 1 nitrogen and oxygen atoms in total. The van der Waals surface area contributed by atoms with Gasteiger partial charge in [0.15, 0.2) is 0 Å². The molecule has 44 valence electrons. The molecular weight excluding hydrogens is 168 g/mol. The van der Waals surface area contributed by atoms with E-state index in [1.54, 1.807) is 10.8 Å². The van der Waals surface area contributed by atoms with Gasteiger partial charge in [-0.05, 0) is 0 Å². The lowest BCUT2D eigenvalue weighted by Gasteiger charge is -1.89. The lowest BCUT2D eigenvalue weighted by molar-refractivity contribution is 0.784. The van der Waals surface area contributed by atoms with Crippen molar-refractivity contribution >= 4 is 44.6 Å². The van der Waals surface area contributed by atoms with Gasteiger partial charge in [-0.2, -0.15) is 0 Å². The van der Waals surface area contributed by atoms with E-state index in [-0.39, 0.29) is 0 Å². The Balaban J connectivity index is 2.45. The van der Waals surface area contributed by atoms with Gasteiger partial charge < -0.3 is 0 Å². The lowest BCUT2D eigenvalue weighted by atomic mass is 11.0. The molecule has 0 fully saturated rings. The van der Waals surface area contributed by atoms with Gasteiger partial charge in [-0.3, -0.25) is 0 Å². The fraction of sp³-hybridized carbons (Fsp3) is 1.00. The van der Waals surface area contributed by atoms with Crippen molar-refractivity contribution in [3.63, 3.8) is 0 Å². The van der Waals surface area contributed by atoms with Crippen LogP contribution in [0, 0.1) is 0 Å². The topological polar surface area (TPSA) is 9.23 Å². The predicted octanol–water partition coefficient (Wildman–Crippen LogP) is 2.81. The van der Waals surface area contributed by atoms with Gasteiger partial charge >= 0.3 is 0 Å². The molecule has 0 unspecified atom stereocenters. The van der Waals surface area contributed by atoms with Crippen LogP contribution in [-0.4, -0.2) is 5.75 Å². The number of hydrogen-bond donors (Lipinski definition) is 1. The largest absolute Gasteiger partial charge is 0.225 e. The van der Waals surface area contributed by atoms with Gasteiger partial charge in [0, 0.05) is 5.75 Å². The molecule has 0 aliphatic carbocycles. The van der Waals surface area contributed by atoms with Crippen LogP contribution in [0.2, 0.25) is 0 Å². The van der Waals surface area contributed by atoms with E-state index in [0.717, 1.165) is 16.8 Å². The van der Waals surface area contributed by atoms with Crippen molar-refractivity contribution in [1.29, 1.82) is 0 Å². The molecule has 0 rings (SSSR count). The molecule has 0 saturated heterocycles. The molecule has 0 aromatic carbocycles. The van der Waals surface area contributed by atoms with Crippen molar-refractivity contribution in [3.8, 4) is 0 Å². The quantitative estimate of drug-likeness (QED) is 0.303. The Labute approximate surface area is 61.0 Å². The Kier molecular flexibility index (Phi) is 8.79. The third kappa shape index (κ3) is 7.36. The van der Waals surface area contributed by atoms with Gasteiger partial charge in [0.05, 0.1) is 22.1 Å². The molecule has 5 heteroatoms. The highest BCUT2D eigenvalue weighted by atomic mass is 33.1. The van der Waals surface area contributed by atoms with Crippen molar-refractivity contribution in [2.75, 3.05) is 5.75 Å². The van der Waals surface area contributed by atoms with Gasteiger partial charge in [-0.1, -0.05) is 29.4 Å². The highest BCUT2D eigenvalue weighted by Gasteiger charge is 1.82. The molecule has 0 radical (unpaired) electrons. The molecule has 0 spiro atoms. The number of hydrogen-bond acceptors (Lipinski definition) is 5. The second kappa shape index (κ2) is 7.36. The maximum absolute atomic E-state index is 4.73. The average Bonchev–Trinajstić information content (AvgIpc) is 1.69.